The number of rotatable bonds is 6. The molecule has 0 saturated heterocycles. The van der Waals surface area contributed by atoms with Gasteiger partial charge in [0.25, 0.3) is 0 Å². The topological polar surface area (TPSA) is 106 Å². The van der Waals surface area contributed by atoms with Gasteiger partial charge in [-0.1, -0.05) is 0 Å². The summed E-state index contributed by atoms with van der Waals surface area (Å²) in [6, 6.07) is 0. The maximum Gasteiger partial charge on any atom is 0.358 e. The van der Waals surface area contributed by atoms with Gasteiger partial charge >= 0.3 is 11.9 Å². The Kier molecular flexibility index (Phi) is 5.87. The Hall–Kier alpha value is -1.51. The number of carbonyl (C=O) groups excluding carboxylic acids is 2. The number of nitrogens with zero attached hydrogens (tertiary/aromatic N) is 1. The van der Waals surface area contributed by atoms with Gasteiger partial charge in [0, 0.05) is 0 Å². The van der Waals surface area contributed by atoms with Crippen molar-refractivity contribution in [3.05, 3.63) is 16.1 Å². The van der Waals surface area contributed by atoms with Crippen LogP contribution in [0.2, 0.25) is 0 Å². The van der Waals surface area contributed by atoms with Crippen molar-refractivity contribution in [2.75, 3.05) is 13.7 Å². The SMILES string of the molecule is CCOC(=O)c1ncsc1C(O)C(O)CC(=O)OC. The lowest BCUT2D eigenvalue weighted by Gasteiger charge is -2.16. The van der Waals surface area contributed by atoms with Crippen LogP contribution in [0.4, 0.5) is 0 Å². The number of carbonyl (C=O) groups is 2. The van der Waals surface area contributed by atoms with E-state index >= 15 is 0 Å². The molecule has 0 spiro atoms. The summed E-state index contributed by atoms with van der Waals surface area (Å²) in [6.07, 6.45) is -3.15. The van der Waals surface area contributed by atoms with E-state index in [4.69, 9.17) is 4.74 Å². The number of thiazole rings is 1. The van der Waals surface area contributed by atoms with Crippen LogP contribution in [-0.2, 0) is 14.3 Å². The van der Waals surface area contributed by atoms with Crippen LogP contribution in [0.1, 0.15) is 34.8 Å². The Morgan fingerprint density at radius 3 is 2.74 bits per heavy atom. The minimum absolute atomic E-state index is 0.0525. The monoisotopic (exact) mass is 289 g/mol. The molecule has 1 aromatic rings. The third-order valence-corrected chi connectivity index (χ3v) is 3.20. The minimum Gasteiger partial charge on any atom is -0.469 e. The zero-order valence-electron chi connectivity index (χ0n) is 10.5. The number of esters is 2. The number of ether oxygens (including phenoxy) is 2. The molecule has 0 radical (unpaired) electrons. The van der Waals surface area contributed by atoms with Crippen molar-refractivity contribution in [1.82, 2.24) is 4.98 Å². The van der Waals surface area contributed by atoms with Gasteiger partial charge < -0.3 is 19.7 Å². The molecule has 0 fully saturated rings. The fraction of sp³-hybridized carbons (Fsp3) is 0.545. The van der Waals surface area contributed by atoms with E-state index in [2.05, 4.69) is 9.72 Å². The predicted molar refractivity (Wildman–Crippen MR) is 65.7 cm³/mol. The van der Waals surface area contributed by atoms with Crippen LogP contribution in [0.25, 0.3) is 0 Å². The van der Waals surface area contributed by atoms with Crippen LogP contribution in [0, 0.1) is 0 Å². The van der Waals surface area contributed by atoms with Gasteiger partial charge in [-0.15, -0.1) is 11.3 Å². The van der Waals surface area contributed by atoms with Crippen LogP contribution < -0.4 is 0 Å². The lowest BCUT2D eigenvalue weighted by molar-refractivity contribution is -0.144. The summed E-state index contributed by atoms with van der Waals surface area (Å²) in [7, 11) is 1.18. The maximum absolute atomic E-state index is 11.6. The molecule has 0 aliphatic carbocycles. The van der Waals surface area contributed by atoms with E-state index in [1.807, 2.05) is 0 Å². The molecule has 8 heteroatoms. The molecule has 0 saturated carbocycles. The quantitative estimate of drug-likeness (QED) is 0.724. The van der Waals surface area contributed by atoms with E-state index in [0.29, 0.717) is 0 Å². The van der Waals surface area contributed by atoms with E-state index in [1.165, 1.54) is 12.6 Å². The first-order chi connectivity index (χ1) is 9.01. The number of hydrogen-bond donors (Lipinski definition) is 2. The minimum atomic E-state index is -1.40. The molecule has 1 rings (SSSR count). The Bertz CT molecular complexity index is 446. The molecule has 2 unspecified atom stereocenters. The Morgan fingerprint density at radius 1 is 1.47 bits per heavy atom. The summed E-state index contributed by atoms with van der Waals surface area (Å²) in [4.78, 5) is 26.5. The first kappa shape index (κ1) is 15.5. The second-order valence-electron chi connectivity index (χ2n) is 3.58. The van der Waals surface area contributed by atoms with Crippen molar-refractivity contribution in [1.29, 1.82) is 0 Å². The highest BCUT2D eigenvalue weighted by atomic mass is 32.1. The van der Waals surface area contributed by atoms with Crippen molar-refractivity contribution >= 4 is 23.3 Å². The Morgan fingerprint density at radius 2 is 2.16 bits per heavy atom. The Labute approximate surface area is 113 Å². The summed E-state index contributed by atoms with van der Waals surface area (Å²) in [5.74, 6) is -1.34. The lowest BCUT2D eigenvalue weighted by atomic mass is 10.1. The summed E-state index contributed by atoms with van der Waals surface area (Å²) in [5, 5.41) is 19.6. The maximum atomic E-state index is 11.6. The van der Waals surface area contributed by atoms with Crippen LogP contribution >= 0.6 is 11.3 Å². The highest BCUT2D eigenvalue weighted by molar-refractivity contribution is 7.10. The average Bonchev–Trinajstić information content (AvgIpc) is 2.86. The van der Waals surface area contributed by atoms with Crippen molar-refractivity contribution in [3.63, 3.8) is 0 Å². The largest absolute Gasteiger partial charge is 0.469 e. The summed E-state index contributed by atoms with van der Waals surface area (Å²) < 4.78 is 9.17. The second kappa shape index (κ2) is 7.17. The fourth-order valence-corrected chi connectivity index (χ4v) is 2.17. The number of aliphatic hydroxyl groups is 2. The van der Waals surface area contributed by atoms with Gasteiger partial charge in [-0.3, -0.25) is 4.79 Å². The van der Waals surface area contributed by atoms with Crippen LogP contribution in [0.3, 0.4) is 0 Å². The molecule has 0 bridgehead atoms. The molecule has 1 aromatic heterocycles. The van der Waals surface area contributed by atoms with Gasteiger partial charge in [0.1, 0.15) is 6.10 Å². The zero-order chi connectivity index (χ0) is 14.4. The predicted octanol–water partition coefficient (Wildman–Crippen LogP) is 0.277. The van der Waals surface area contributed by atoms with Crippen molar-refractivity contribution in [2.24, 2.45) is 0 Å². The van der Waals surface area contributed by atoms with Gasteiger partial charge in [0.2, 0.25) is 0 Å². The standard InChI is InChI=1S/C11H15NO6S/c1-3-18-11(16)8-10(19-5-12-8)9(15)6(13)4-7(14)17-2/h5-6,9,13,15H,3-4H2,1-2H3. The molecule has 0 aliphatic rings. The number of aromatic nitrogens is 1. The van der Waals surface area contributed by atoms with Crippen molar-refractivity contribution in [2.45, 2.75) is 25.6 Å². The highest BCUT2D eigenvalue weighted by Gasteiger charge is 2.28. The van der Waals surface area contributed by atoms with Crippen LogP contribution in [-0.4, -0.2) is 47.0 Å². The van der Waals surface area contributed by atoms with Gasteiger partial charge in [0.05, 0.1) is 36.6 Å². The molecule has 0 aliphatic heterocycles. The van der Waals surface area contributed by atoms with E-state index in [1.54, 1.807) is 6.92 Å². The van der Waals surface area contributed by atoms with E-state index in [-0.39, 0.29) is 23.6 Å². The van der Waals surface area contributed by atoms with Crippen LogP contribution in [0.5, 0.6) is 0 Å². The van der Waals surface area contributed by atoms with Gasteiger partial charge in [-0.2, -0.15) is 0 Å². The average molecular weight is 289 g/mol. The third-order valence-electron chi connectivity index (χ3n) is 2.30. The molecular formula is C11H15NO6S. The van der Waals surface area contributed by atoms with Gasteiger partial charge in [-0.25, -0.2) is 9.78 Å². The summed E-state index contributed by atoms with van der Waals surface area (Å²) >= 11 is 1.00. The molecule has 0 amide bonds. The Balaban J connectivity index is 2.82. The molecular weight excluding hydrogens is 274 g/mol. The van der Waals surface area contributed by atoms with E-state index < -0.39 is 24.1 Å². The van der Waals surface area contributed by atoms with Gasteiger partial charge in [-0.05, 0) is 6.92 Å². The summed E-state index contributed by atoms with van der Waals surface area (Å²) in [6.45, 7) is 1.82. The number of hydrogen-bond acceptors (Lipinski definition) is 8. The van der Waals surface area contributed by atoms with Gasteiger partial charge in [0.15, 0.2) is 5.69 Å². The van der Waals surface area contributed by atoms with E-state index in [0.717, 1.165) is 11.3 Å². The molecule has 19 heavy (non-hydrogen) atoms. The molecule has 2 atom stereocenters. The first-order valence-electron chi connectivity index (χ1n) is 5.54. The smallest absolute Gasteiger partial charge is 0.358 e. The third kappa shape index (κ3) is 3.98. The highest BCUT2D eigenvalue weighted by Crippen LogP contribution is 2.27. The first-order valence-corrected chi connectivity index (χ1v) is 6.42. The van der Waals surface area contributed by atoms with Crippen molar-refractivity contribution < 1.29 is 29.3 Å². The summed E-state index contributed by atoms with van der Waals surface area (Å²) in [5.41, 5.74) is 1.30. The molecule has 2 N–H and O–H groups in total. The molecule has 7 nitrogen and oxygen atoms in total. The molecule has 0 aromatic carbocycles. The van der Waals surface area contributed by atoms with Crippen LogP contribution in [0.15, 0.2) is 5.51 Å². The lowest BCUT2D eigenvalue weighted by Crippen LogP contribution is -2.23. The number of aliphatic hydroxyl groups excluding tert-OH is 2. The number of methoxy groups -OCH3 is 1. The normalized spacial score (nSPS) is 13.7. The van der Waals surface area contributed by atoms with Crippen molar-refractivity contribution in [3.8, 4) is 0 Å². The zero-order valence-corrected chi connectivity index (χ0v) is 11.3. The fourth-order valence-electron chi connectivity index (χ4n) is 1.36. The molecule has 106 valence electrons. The molecule has 1 heterocycles. The second-order valence-corrected chi connectivity index (χ2v) is 4.46. The van der Waals surface area contributed by atoms with E-state index in [9.17, 15) is 19.8 Å².